The monoisotopic (exact) mass is 410 g/mol. The minimum atomic E-state index is -0.578. The molecule has 0 spiro atoms. The summed E-state index contributed by atoms with van der Waals surface area (Å²) in [7, 11) is 1.97. The Morgan fingerprint density at radius 3 is 2.83 bits per heavy atom. The molecule has 0 radical (unpaired) electrons. The summed E-state index contributed by atoms with van der Waals surface area (Å²) in [5.74, 6) is -1.21. The van der Waals surface area contributed by atoms with Gasteiger partial charge >= 0.3 is 0 Å². The molecule has 2 aliphatic rings. The number of carbonyl (C=O) groups is 2. The van der Waals surface area contributed by atoms with Gasteiger partial charge in [0.1, 0.15) is 11.9 Å². The Morgan fingerprint density at radius 1 is 1.23 bits per heavy atom. The normalized spacial score (nSPS) is 19.1. The van der Waals surface area contributed by atoms with Gasteiger partial charge in [-0.3, -0.25) is 14.3 Å². The van der Waals surface area contributed by atoms with E-state index in [2.05, 4.69) is 15.3 Å². The summed E-state index contributed by atoms with van der Waals surface area (Å²) in [6, 6.07) is 7.57. The number of nitrogens with zero attached hydrogens (tertiary/aromatic N) is 5. The Kier molecular flexibility index (Phi) is 5.50. The molecule has 1 N–H and O–H groups in total. The number of nitriles is 1. The van der Waals surface area contributed by atoms with Gasteiger partial charge in [0.2, 0.25) is 5.91 Å². The molecule has 0 bridgehead atoms. The first kappa shape index (κ1) is 20.0. The third-order valence-corrected chi connectivity index (χ3v) is 5.61. The summed E-state index contributed by atoms with van der Waals surface area (Å²) in [5.41, 5.74) is 1.53. The molecule has 1 saturated heterocycles. The predicted octanol–water partition coefficient (Wildman–Crippen LogP) is 1.83. The summed E-state index contributed by atoms with van der Waals surface area (Å²) in [6.45, 7) is 2.80. The van der Waals surface area contributed by atoms with Gasteiger partial charge in [0.15, 0.2) is 5.69 Å². The molecule has 30 heavy (non-hydrogen) atoms. The molecule has 3 heterocycles. The van der Waals surface area contributed by atoms with E-state index in [1.807, 2.05) is 13.1 Å². The van der Waals surface area contributed by atoms with Crippen LogP contribution in [0.4, 0.5) is 10.1 Å². The van der Waals surface area contributed by atoms with E-state index < -0.39 is 5.82 Å². The average molecular weight is 410 g/mol. The molecule has 8 nitrogen and oxygen atoms in total. The smallest absolute Gasteiger partial charge is 0.254 e. The maximum Gasteiger partial charge on any atom is 0.254 e. The number of hydrogen-bond donors (Lipinski definition) is 1. The number of rotatable bonds is 3. The van der Waals surface area contributed by atoms with Crippen LogP contribution in [0, 0.1) is 23.1 Å². The van der Waals surface area contributed by atoms with Gasteiger partial charge in [0, 0.05) is 24.3 Å². The van der Waals surface area contributed by atoms with E-state index in [0.29, 0.717) is 31.9 Å². The van der Waals surface area contributed by atoms with E-state index >= 15 is 0 Å². The standard InChI is InChI=1S/C21H23FN6O2/c1-26-4-2-3-14(12-26)20(29)24-17-8-15(7-16(22)9-17)21(30)27-5-6-28-19(13-27)10-18(11-23)25-28/h7-10,14H,2-6,12-13H2,1H3,(H,24,29). The Bertz CT molecular complexity index is 1030. The molecule has 4 rings (SSSR count). The molecule has 9 heteroatoms. The fourth-order valence-electron chi connectivity index (χ4n) is 4.09. The fraction of sp³-hybridized carbons (Fsp3) is 0.429. The Morgan fingerprint density at radius 2 is 2.07 bits per heavy atom. The van der Waals surface area contributed by atoms with Crippen molar-refractivity contribution in [3.63, 3.8) is 0 Å². The number of anilines is 1. The number of fused-ring (bicyclic) bond motifs is 1. The van der Waals surface area contributed by atoms with Crippen LogP contribution in [0.3, 0.4) is 0 Å². The quantitative estimate of drug-likeness (QED) is 0.833. The molecule has 156 valence electrons. The zero-order valence-corrected chi connectivity index (χ0v) is 16.8. The molecule has 1 aromatic carbocycles. The number of likely N-dealkylation sites (tertiary alicyclic amines) is 1. The van der Waals surface area contributed by atoms with E-state index in [1.54, 1.807) is 15.6 Å². The lowest BCUT2D eigenvalue weighted by Crippen LogP contribution is -2.39. The van der Waals surface area contributed by atoms with Crippen molar-refractivity contribution in [3.05, 3.63) is 47.0 Å². The summed E-state index contributed by atoms with van der Waals surface area (Å²) < 4.78 is 15.9. The van der Waals surface area contributed by atoms with Gasteiger partial charge in [-0.25, -0.2) is 4.39 Å². The van der Waals surface area contributed by atoms with E-state index in [-0.39, 0.29) is 29.0 Å². The van der Waals surface area contributed by atoms with Gasteiger partial charge in [-0.1, -0.05) is 0 Å². The van der Waals surface area contributed by atoms with Gasteiger partial charge in [0.25, 0.3) is 5.91 Å². The van der Waals surface area contributed by atoms with E-state index in [0.717, 1.165) is 25.1 Å². The van der Waals surface area contributed by atoms with Crippen LogP contribution >= 0.6 is 0 Å². The van der Waals surface area contributed by atoms with Crippen LogP contribution in [0.2, 0.25) is 0 Å². The molecular weight excluding hydrogens is 387 g/mol. The number of hydrogen-bond acceptors (Lipinski definition) is 5. The van der Waals surface area contributed by atoms with Crippen LogP contribution in [0.15, 0.2) is 24.3 Å². The minimum Gasteiger partial charge on any atom is -0.331 e. The highest BCUT2D eigenvalue weighted by Crippen LogP contribution is 2.22. The molecule has 1 atom stereocenters. The fourth-order valence-corrected chi connectivity index (χ4v) is 4.09. The number of carbonyl (C=O) groups excluding carboxylic acids is 2. The van der Waals surface area contributed by atoms with Crippen molar-refractivity contribution >= 4 is 17.5 Å². The van der Waals surface area contributed by atoms with Crippen molar-refractivity contribution in [3.8, 4) is 6.07 Å². The van der Waals surface area contributed by atoms with Crippen LogP contribution in [0.1, 0.15) is 34.6 Å². The number of amides is 2. The summed E-state index contributed by atoms with van der Waals surface area (Å²) >= 11 is 0. The molecule has 2 aliphatic heterocycles. The zero-order chi connectivity index (χ0) is 21.3. The first-order valence-corrected chi connectivity index (χ1v) is 9.99. The molecule has 1 unspecified atom stereocenters. The lowest BCUT2D eigenvalue weighted by Gasteiger charge is -2.29. The van der Waals surface area contributed by atoms with Crippen molar-refractivity contribution in [2.45, 2.75) is 25.9 Å². The maximum atomic E-state index is 14.2. The molecule has 2 aromatic rings. The lowest BCUT2D eigenvalue weighted by atomic mass is 9.97. The van der Waals surface area contributed by atoms with E-state index in [1.165, 1.54) is 18.2 Å². The second-order valence-corrected chi connectivity index (χ2v) is 7.90. The largest absolute Gasteiger partial charge is 0.331 e. The van der Waals surface area contributed by atoms with Gasteiger partial charge in [-0.05, 0) is 50.7 Å². The average Bonchev–Trinajstić information content (AvgIpc) is 3.15. The highest BCUT2D eigenvalue weighted by atomic mass is 19.1. The summed E-state index contributed by atoms with van der Waals surface area (Å²) in [5, 5.41) is 15.9. The van der Waals surface area contributed by atoms with Crippen LogP contribution < -0.4 is 5.32 Å². The number of nitrogens with one attached hydrogen (secondary N) is 1. The van der Waals surface area contributed by atoms with Crippen molar-refractivity contribution in [2.75, 3.05) is 32.0 Å². The number of benzene rings is 1. The summed E-state index contributed by atoms with van der Waals surface area (Å²) in [6.07, 6.45) is 1.74. The Labute approximate surface area is 173 Å². The Hall–Kier alpha value is -3.25. The lowest BCUT2D eigenvalue weighted by molar-refractivity contribution is -0.121. The molecule has 0 aliphatic carbocycles. The first-order chi connectivity index (χ1) is 14.4. The second-order valence-electron chi connectivity index (χ2n) is 7.90. The highest BCUT2D eigenvalue weighted by molar-refractivity contribution is 5.97. The molecule has 0 saturated carbocycles. The van der Waals surface area contributed by atoms with Crippen molar-refractivity contribution < 1.29 is 14.0 Å². The van der Waals surface area contributed by atoms with Crippen molar-refractivity contribution in [1.29, 1.82) is 5.26 Å². The predicted molar refractivity (Wildman–Crippen MR) is 107 cm³/mol. The first-order valence-electron chi connectivity index (χ1n) is 9.99. The SMILES string of the molecule is CN1CCCC(C(=O)Nc2cc(F)cc(C(=O)N3CCn4nc(C#N)cc4C3)c2)C1. The third kappa shape index (κ3) is 4.19. The van der Waals surface area contributed by atoms with Crippen molar-refractivity contribution in [2.24, 2.45) is 5.92 Å². The van der Waals surface area contributed by atoms with Gasteiger partial charge in [-0.15, -0.1) is 0 Å². The molecular formula is C21H23FN6O2. The molecule has 2 amide bonds. The summed E-state index contributed by atoms with van der Waals surface area (Å²) in [4.78, 5) is 29.2. The van der Waals surface area contributed by atoms with Crippen LogP contribution in [-0.2, 0) is 17.9 Å². The highest BCUT2D eigenvalue weighted by Gasteiger charge is 2.26. The number of halogens is 1. The van der Waals surface area contributed by atoms with Crippen LogP contribution in [0.25, 0.3) is 0 Å². The maximum absolute atomic E-state index is 14.2. The third-order valence-electron chi connectivity index (χ3n) is 5.61. The number of aromatic nitrogens is 2. The number of piperidine rings is 1. The molecule has 1 fully saturated rings. The van der Waals surface area contributed by atoms with Gasteiger partial charge in [-0.2, -0.15) is 10.4 Å². The van der Waals surface area contributed by atoms with E-state index in [9.17, 15) is 14.0 Å². The van der Waals surface area contributed by atoms with Crippen LogP contribution in [0.5, 0.6) is 0 Å². The van der Waals surface area contributed by atoms with E-state index in [4.69, 9.17) is 5.26 Å². The molecule has 1 aromatic heterocycles. The van der Waals surface area contributed by atoms with Crippen molar-refractivity contribution in [1.82, 2.24) is 19.6 Å². The second kappa shape index (κ2) is 8.24. The Balaban J connectivity index is 1.48. The van der Waals surface area contributed by atoms with Crippen LogP contribution in [-0.4, -0.2) is 58.1 Å². The minimum absolute atomic E-state index is 0.150. The van der Waals surface area contributed by atoms with Gasteiger partial charge in [0.05, 0.1) is 24.7 Å². The van der Waals surface area contributed by atoms with Gasteiger partial charge < -0.3 is 15.1 Å². The topological polar surface area (TPSA) is 94.3 Å². The zero-order valence-electron chi connectivity index (χ0n) is 16.8.